The molecule has 0 aliphatic heterocycles. The third kappa shape index (κ3) is 3.89. The van der Waals surface area contributed by atoms with Crippen molar-refractivity contribution in [3.05, 3.63) is 0 Å². The number of carboxylic acids is 1. The summed E-state index contributed by atoms with van der Waals surface area (Å²) in [7, 11) is 0. The van der Waals surface area contributed by atoms with E-state index in [0.29, 0.717) is 37.9 Å². The molecule has 168 valence electrons. The first-order valence-electron chi connectivity index (χ1n) is 11.8. The maximum Gasteiger partial charge on any atom is 0.303 e. The number of aliphatic carboxylic acids is 1. The van der Waals surface area contributed by atoms with E-state index in [4.69, 9.17) is 5.11 Å². The van der Waals surface area contributed by atoms with Crippen molar-refractivity contribution in [2.75, 3.05) is 0 Å². The van der Waals surface area contributed by atoms with E-state index >= 15 is 0 Å². The van der Waals surface area contributed by atoms with Gasteiger partial charge in [0.1, 0.15) is 17.3 Å². The fraction of sp³-hybridized carbons (Fsp3) is 0.840. The Morgan fingerprint density at radius 1 is 1.13 bits per heavy atom. The van der Waals surface area contributed by atoms with Crippen LogP contribution in [0.25, 0.3) is 0 Å². The predicted octanol–water partition coefficient (Wildman–Crippen LogP) is 4.85. The van der Waals surface area contributed by atoms with Gasteiger partial charge in [0.05, 0.1) is 0 Å². The molecule has 0 aromatic rings. The highest BCUT2D eigenvalue weighted by atomic mass is 16.4. The smallest absolute Gasteiger partial charge is 0.303 e. The molecule has 0 spiro atoms. The molecule has 3 rings (SSSR count). The highest BCUT2D eigenvalue weighted by Gasteiger charge is 2.64. The standard InChI is InChI=1S/C25H38O5/c1-5-16(26)10-12-24(3)13-11-20(27)23-18-8-7-17(15(2)6-9-22(29)30)25(18,4)21(28)14-19(23)24/h15,17-19,23H,5-14H2,1-4H3,(H,29,30)/t15-,17-,18+,19+,23+,24+,25-/m1/s1. The molecule has 3 fully saturated rings. The summed E-state index contributed by atoms with van der Waals surface area (Å²) in [4.78, 5) is 49.8. The lowest BCUT2D eigenvalue weighted by atomic mass is 9.47. The van der Waals surface area contributed by atoms with Crippen LogP contribution in [0.1, 0.15) is 91.9 Å². The summed E-state index contributed by atoms with van der Waals surface area (Å²) in [6.45, 7) is 8.21. The van der Waals surface area contributed by atoms with Gasteiger partial charge in [-0.2, -0.15) is 0 Å². The highest BCUT2D eigenvalue weighted by molar-refractivity contribution is 5.92. The largest absolute Gasteiger partial charge is 0.481 e. The molecule has 0 amide bonds. The van der Waals surface area contributed by atoms with Gasteiger partial charge in [-0.15, -0.1) is 0 Å². The van der Waals surface area contributed by atoms with E-state index in [1.54, 1.807) is 0 Å². The summed E-state index contributed by atoms with van der Waals surface area (Å²) < 4.78 is 0. The number of hydrogen-bond donors (Lipinski definition) is 1. The fourth-order valence-electron chi connectivity index (χ4n) is 7.26. The molecule has 7 atom stereocenters. The van der Waals surface area contributed by atoms with Crippen molar-refractivity contribution in [2.45, 2.75) is 91.9 Å². The normalized spacial score (nSPS) is 39.3. The second-order valence-corrected chi connectivity index (χ2v) is 10.8. The van der Waals surface area contributed by atoms with Crippen molar-refractivity contribution < 1.29 is 24.3 Å². The van der Waals surface area contributed by atoms with Gasteiger partial charge < -0.3 is 5.11 Å². The first-order chi connectivity index (χ1) is 14.0. The van der Waals surface area contributed by atoms with Crippen molar-refractivity contribution in [3.63, 3.8) is 0 Å². The minimum atomic E-state index is -0.795. The van der Waals surface area contributed by atoms with Crippen LogP contribution in [0.3, 0.4) is 0 Å². The van der Waals surface area contributed by atoms with Gasteiger partial charge in [0.15, 0.2) is 0 Å². The maximum absolute atomic E-state index is 13.6. The van der Waals surface area contributed by atoms with E-state index < -0.39 is 11.4 Å². The van der Waals surface area contributed by atoms with E-state index in [1.165, 1.54) is 0 Å². The molecule has 0 radical (unpaired) electrons. The molecule has 0 bridgehead atoms. The molecule has 3 aliphatic rings. The van der Waals surface area contributed by atoms with Gasteiger partial charge in [-0.3, -0.25) is 19.2 Å². The first-order valence-corrected chi connectivity index (χ1v) is 11.8. The summed E-state index contributed by atoms with van der Waals surface area (Å²) in [5, 5.41) is 9.07. The van der Waals surface area contributed by atoms with Crippen molar-refractivity contribution >= 4 is 23.3 Å². The quantitative estimate of drug-likeness (QED) is 0.608. The Morgan fingerprint density at radius 2 is 1.83 bits per heavy atom. The highest BCUT2D eigenvalue weighted by Crippen LogP contribution is 2.64. The van der Waals surface area contributed by atoms with Gasteiger partial charge in [0, 0.05) is 43.4 Å². The van der Waals surface area contributed by atoms with Gasteiger partial charge in [0.2, 0.25) is 0 Å². The van der Waals surface area contributed by atoms with Crippen LogP contribution < -0.4 is 0 Å². The van der Waals surface area contributed by atoms with Crippen LogP contribution in [0.5, 0.6) is 0 Å². The van der Waals surface area contributed by atoms with Crippen molar-refractivity contribution in [3.8, 4) is 0 Å². The van der Waals surface area contributed by atoms with Crippen LogP contribution in [0.2, 0.25) is 0 Å². The summed E-state index contributed by atoms with van der Waals surface area (Å²) in [5.74, 6) is 0.364. The molecule has 0 aromatic carbocycles. The van der Waals surface area contributed by atoms with Crippen LogP contribution in [0.15, 0.2) is 0 Å². The molecule has 0 heterocycles. The van der Waals surface area contributed by atoms with Crippen molar-refractivity contribution in [2.24, 2.45) is 40.4 Å². The van der Waals surface area contributed by atoms with Crippen molar-refractivity contribution in [1.82, 2.24) is 0 Å². The number of ketones is 3. The van der Waals surface area contributed by atoms with Crippen LogP contribution in [0.4, 0.5) is 0 Å². The maximum atomic E-state index is 13.6. The number of Topliss-reactive ketones (excluding diaryl/α,β-unsaturated/α-hetero) is 3. The number of carbonyl (C=O) groups is 4. The Balaban J connectivity index is 1.85. The minimum Gasteiger partial charge on any atom is -0.481 e. The molecule has 5 nitrogen and oxygen atoms in total. The van der Waals surface area contributed by atoms with Crippen molar-refractivity contribution in [1.29, 1.82) is 0 Å². The molecular weight excluding hydrogens is 380 g/mol. The van der Waals surface area contributed by atoms with E-state index in [1.807, 2.05) is 6.92 Å². The lowest BCUT2D eigenvalue weighted by Crippen LogP contribution is -2.56. The molecule has 0 unspecified atom stereocenters. The van der Waals surface area contributed by atoms with Crippen LogP contribution in [0, 0.1) is 40.4 Å². The second-order valence-electron chi connectivity index (χ2n) is 10.8. The summed E-state index contributed by atoms with van der Waals surface area (Å²) >= 11 is 0. The average Bonchev–Trinajstić information content (AvgIpc) is 3.06. The Morgan fingerprint density at radius 3 is 2.47 bits per heavy atom. The zero-order valence-electron chi connectivity index (χ0n) is 19.0. The van der Waals surface area contributed by atoms with Gasteiger partial charge in [-0.1, -0.05) is 27.7 Å². The lowest BCUT2D eigenvalue weighted by molar-refractivity contribution is -0.158. The number of carbonyl (C=O) groups excluding carboxylic acids is 3. The zero-order valence-corrected chi connectivity index (χ0v) is 19.0. The third-order valence-corrected chi connectivity index (χ3v) is 9.28. The average molecular weight is 419 g/mol. The zero-order chi connectivity index (χ0) is 22.3. The third-order valence-electron chi connectivity index (χ3n) is 9.28. The van der Waals surface area contributed by atoms with Gasteiger partial charge >= 0.3 is 5.97 Å². The van der Waals surface area contributed by atoms with Gasteiger partial charge in [-0.25, -0.2) is 0 Å². The summed E-state index contributed by atoms with van der Waals surface area (Å²) in [5.41, 5.74) is -0.653. The second kappa shape index (κ2) is 8.55. The van der Waals surface area contributed by atoms with E-state index in [9.17, 15) is 19.2 Å². The number of hydrogen-bond acceptors (Lipinski definition) is 4. The summed E-state index contributed by atoms with van der Waals surface area (Å²) in [6.07, 6.45) is 6.09. The topological polar surface area (TPSA) is 88.5 Å². The molecule has 3 aliphatic carbocycles. The first kappa shape index (κ1) is 23.1. The van der Waals surface area contributed by atoms with E-state index in [0.717, 1.165) is 25.7 Å². The summed E-state index contributed by atoms with van der Waals surface area (Å²) in [6, 6.07) is 0. The molecule has 5 heteroatoms. The minimum absolute atomic E-state index is 0.0436. The molecule has 3 saturated carbocycles. The van der Waals surface area contributed by atoms with Crippen LogP contribution in [-0.4, -0.2) is 28.4 Å². The Hall–Kier alpha value is -1.52. The van der Waals surface area contributed by atoms with E-state index in [2.05, 4.69) is 20.8 Å². The molecule has 30 heavy (non-hydrogen) atoms. The SMILES string of the molecule is CCC(=O)CC[C@@]1(C)CCC(=O)[C@@H]2[C@@H]1CC(=O)[C@]1(C)[C@@H]([C@H](C)CCC(=O)O)CC[C@@H]21. The number of rotatable bonds is 8. The Bertz CT molecular complexity index is 727. The van der Waals surface area contributed by atoms with Crippen LogP contribution >= 0.6 is 0 Å². The van der Waals surface area contributed by atoms with Gasteiger partial charge in [0.25, 0.3) is 0 Å². The Labute approximate surface area is 180 Å². The lowest BCUT2D eigenvalue weighted by Gasteiger charge is -2.55. The fourth-order valence-corrected chi connectivity index (χ4v) is 7.26. The Kier molecular flexibility index (Phi) is 6.60. The number of carboxylic acid groups (broad SMARTS) is 1. The van der Waals surface area contributed by atoms with Crippen LogP contribution in [-0.2, 0) is 19.2 Å². The molecular formula is C25H38O5. The van der Waals surface area contributed by atoms with E-state index in [-0.39, 0.29) is 53.0 Å². The predicted molar refractivity (Wildman–Crippen MR) is 114 cm³/mol. The molecule has 0 saturated heterocycles. The van der Waals surface area contributed by atoms with Gasteiger partial charge in [-0.05, 0) is 61.2 Å². The number of fused-ring (bicyclic) bond motifs is 3. The molecule has 0 aromatic heterocycles. The monoisotopic (exact) mass is 418 g/mol. The molecule has 1 N–H and O–H groups in total.